The Balaban J connectivity index is 1.49. The van der Waals surface area contributed by atoms with E-state index in [1.165, 1.54) is 16.7 Å². The van der Waals surface area contributed by atoms with Gasteiger partial charge in [0.1, 0.15) is 24.0 Å². The van der Waals surface area contributed by atoms with E-state index in [0.717, 1.165) is 11.9 Å². The summed E-state index contributed by atoms with van der Waals surface area (Å²) in [6.07, 6.45) is 1.75. The van der Waals surface area contributed by atoms with E-state index < -0.39 is 11.4 Å². The van der Waals surface area contributed by atoms with E-state index in [-0.39, 0.29) is 17.8 Å². The molecule has 1 saturated heterocycles. The van der Waals surface area contributed by atoms with Crippen LogP contribution in [-0.2, 0) is 11.3 Å². The maximum atomic E-state index is 13.5. The van der Waals surface area contributed by atoms with Crippen LogP contribution in [0.3, 0.4) is 0 Å². The van der Waals surface area contributed by atoms with Crippen LogP contribution < -0.4 is 10.5 Å². The Hall–Kier alpha value is -3.29. The minimum Gasteiger partial charge on any atom is -0.353 e. The Bertz CT molecular complexity index is 1080. The van der Waals surface area contributed by atoms with Gasteiger partial charge >= 0.3 is 0 Å². The molecule has 2 aromatic heterocycles. The second-order valence-electron chi connectivity index (χ2n) is 6.77. The second kappa shape index (κ2) is 7.38. The van der Waals surface area contributed by atoms with E-state index in [2.05, 4.69) is 14.9 Å². The van der Waals surface area contributed by atoms with Gasteiger partial charge in [0.25, 0.3) is 5.56 Å². The Labute approximate surface area is 161 Å². The number of hydrogen-bond acceptors (Lipinski definition) is 5. The molecule has 7 nitrogen and oxygen atoms in total. The van der Waals surface area contributed by atoms with Gasteiger partial charge in [0.05, 0.1) is 10.9 Å². The molecule has 0 aliphatic carbocycles. The molecule has 4 rings (SSSR count). The number of carbonyl (C=O) groups is 1. The minimum absolute atomic E-state index is 0.103. The van der Waals surface area contributed by atoms with Crippen molar-refractivity contribution in [1.29, 1.82) is 0 Å². The van der Waals surface area contributed by atoms with Crippen molar-refractivity contribution >= 4 is 22.6 Å². The average Bonchev–Trinajstić information content (AvgIpc) is 2.72. The summed E-state index contributed by atoms with van der Waals surface area (Å²) in [7, 11) is 0. The van der Waals surface area contributed by atoms with Gasteiger partial charge in [0.2, 0.25) is 5.91 Å². The van der Waals surface area contributed by atoms with E-state index in [9.17, 15) is 14.0 Å². The van der Waals surface area contributed by atoms with E-state index in [0.29, 0.717) is 37.5 Å². The van der Waals surface area contributed by atoms with E-state index in [4.69, 9.17) is 0 Å². The predicted octanol–water partition coefficient (Wildman–Crippen LogP) is 1.59. The first kappa shape index (κ1) is 18.1. The molecule has 1 aliphatic rings. The predicted molar refractivity (Wildman–Crippen MR) is 104 cm³/mol. The summed E-state index contributed by atoms with van der Waals surface area (Å²) in [5, 5.41) is 0.179. The lowest BCUT2D eigenvalue weighted by Gasteiger charge is -2.35. The van der Waals surface area contributed by atoms with E-state index in [1.54, 1.807) is 18.0 Å². The van der Waals surface area contributed by atoms with Crippen LogP contribution in [0.2, 0.25) is 0 Å². The largest absolute Gasteiger partial charge is 0.353 e. The van der Waals surface area contributed by atoms with Crippen molar-refractivity contribution in [3.05, 3.63) is 64.6 Å². The van der Waals surface area contributed by atoms with Gasteiger partial charge in [-0.2, -0.15) is 0 Å². The molecule has 0 bridgehead atoms. The summed E-state index contributed by atoms with van der Waals surface area (Å²) < 4.78 is 14.8. The van der Waals surface area contributed by atoms with Gasteiger partial charge in [0.15, 0.2) is 0 Å². The summed E-state index contributed by atoms with van der Waals surface area (Å²) in [4.78, 5) is 38.0. The van der Waals surface area contributed by atoms with Crippen molar-refractivity contribution in [3.63, 3.8) is 0 Å². The average molecular weight is 381 g/mol. The molecule has 0 N–H and O–H groups in total. The van der Waals surface area contributed by atoms with Crippen LogP contribution >= 0.6 is 0 Å². The topological polar surface area (TPSA) is 71.3 Å². The number of benzene rings is 1. The maximum absolute atomic E-state index is 13.5. The summed E-state index contributed by atoms with van der Waals surface area (Å²) >= 11 is 0. The Morgan fingerprint density at radius 3 is 2.64 bits per heavy atom. The molecular formula is C20H20FN5O2. The summed E-state index contributed by atoms with van der Waals surface area (Å²) in [6.45, 7) is 4.04. The lowest BCUT2D eigenvalue weighted by molar-refractivity contribution is -0.132. The zero-order chi connectivity index (χ0) is 19.7. The molecule has 0 unspecified atom stereocenters. The third kappa shape index (κ3) is 3.45. The number of pyridine rings is 1. The monoisotopic (exact) mass is 381 g/mol. The number of amides is 1. The van der Waals surface area contributed by atoms with E-state index in [1.807, 2.05) is 18.2 Å². The highest BCUT2D eigenvalue weighted by molar-refractivity contribution is 5.79. The highest BCUT2D eigenvalue weighted by atomic mass is 19.1. The van der Waals surface area contributed by atoms with E-state index >= 15 is 0 Å². The summed E-state index contributed by atoms with van der Waals surface area (Å²) in [5.41, 5.74) is 0.0269. The normalized spacial score (nSPS) is 14.5. The fourth-order valence-corrected chi connectivity index (χ4v) is 3.45. The first-order valence-electron chi connectivity index (χ1n) is 9.13. The van der Waals surface area contributed by atoms with Crippen molar-refractivity contribution in [3.8, 4) is 0 Å². The van der Waals surface area contributed by atoms with Gasteiger partial charge in [0, 0.05) is 32.4 Å². The van der Waals surface area contributed by atoms with Gasteiger partial charge < -0.3 is 9.80 Å². The number of carbonyl (C=O) groups excluding carboxylic acids is 1. The fraction of sp³-hybridized carbons (Fsp3) is 0.300. The first-order chi connectivity index (χ1) is 13.5. The van der Waals surface area contributed by atoms with Gasteiger partial charge in [-0.25, -0.2) is 14.4 Å². The molecule has 1 amide bonds. The van der Waals surface area contributed by atoms with Gasteiger partial charge in [-0.3, -0.25) is 14.2 Å². The highest BCUT2D eigenvalue weighted by Gasteiger charge is 2.23. The zero-order valence-electron chi connectivity index (χ0n) is 15.5. The highest BCUT2D eigenvalue weighted by Crippen LogP contribution is 2.14. The molecule has 3 aromatic rings. The number of nitrogens with zero attached hydrogens (tertiary/aromatic N) is 5. The van der Waals surface area contributed by atoms with Crippen LogP contribution in [0.5, 0.6) is 0 Å². The first-order valence-corrected chi connectivity index (χ1v) is 9.13. The van der Waals surface area contributed by atoms with Crippen molar-refractivity contribution in [2.24, 2.45) is 0 Å². The molecule has 0 atom stereocenters. The zero-order valence-corrected chi connectivity index (χ0v) is 15.5. The minimum atomic E-state index is -0.501. The van der Waals surface area contributed by atoms with Crippen LogP contribution in [0.15, 0.2) is 47.4 Å². The van der Waals surface area contributed by atoms with Gasteiger partial charge in [-0.05, 0) is 37.3 Å². The number of aromatic nitrogens is 3. The molecular weight excluding hydrogens is 361 g/mol. The number of hydrogen-bond donors (Lipinski definition) is 0. The van der Waals surface area contributed by atoms with Crippen molar-refractivity contribution in [2.75, 3.05) is 31.1 Å². The fourth-order valence-electron chi connectivity index (χ4n) is 3.45. The van der Waals surface area contributed by atoms with Crippen molar-refractivity contribution in [2.45, 2.75) is 13.5 Å². The lowest BCUT2D eigenvalue weighted by atomic mass is 10.2. The van der Waals surface area contributed by atoms with Crippen LogP contribution in [-0.4, -0.2) is 51.5 Å². The summed E-state index contributed by atoms with van der Waals surface area (Å²) in [5.74, 6) is 0.675. The molecule has 144 valence electrons. The van der Waals surface area contributed by atoms with Crippen LogP contribution in [0.4, 0.5) is 10.2 Å². The number of anilines is 1. The van der Waals surface area contributed by atoms with Crippen LogP contribution in [0.1, 0.15) is 5.82 Å². The van der Waals surface area contributed by atoms with Crippen molar-refractivity contribution in [1.82, 2.24) is 19.4 Å². The maximum Gasteiger partial charge on any atom is 0.261 e. The second-order valence-corrected chi connectivity index (χ2v) is 6.77. The van der Waals surface area contributed by atoms with Crippen molar-refractivity contribution < 1.29 is 9.18 Å². The standard InChI is InChI=1S/C20H20FN5O2/c1-14-23-17-6-5-15(21)12-16(17)20(28)26(14)13-19(27)25-10-8-24(9-11-25)18-4-2-3-7-22-18/h2-7,12H,8-11,13H2,1H3. The molecule has 0 spiro atoms. The van der Waals surface area contributed by atoms with Gasteiger partial charge in [-0.15, -0.1) is 0 Å². The number of aryl methyl sites for hydroxylation is 1. The summed E-state index contributed by atoms with van der Waals surface area (Å²) in [6, 6.07) is 9.65. The Morgan fingerprint density at radius 2 is 1.93 bits per heavy atom. The third-order valence-corrected chi connectivity index (χ3v) is 5.01. The van der Waals surface area contributed by atoms with Crippen LogP contribution in [0.25, 0.3) is 10.9 Å². The van der Waals surface area contributed by atoms with Crippen LogP contribution in [0, 0.1) is 12.7 Å². The SMILES string of the molecule is Cc1nc2ccc(F)cc2c(=O)n1CC(=O)N1CCN(c2ccccn2)CC1. The molecule has 1 fully saturated rings. The molecule has 0 radical (unpaired) electrons. The molecule has 28 heavy (non-hydrogen) atoms. The third-order valence-electron chi connectivity index (χ3n) is 5.01. The van der Waals surface area contributed by atoms with Gasteiger partial charge in [-0.1, -0.05) is 6.07 Å². The number of halogens is 1. The molecule has 0 saturated carbocycles. The number of rotatable bonds is 3. The smallest absolute Gasteiger partial charge is 0.261 e. The molecule has 1 aliphatic heterocycles. The number of piperazine rings is 1. The quantitative estimate of drug-likeness (QED) is 0.689. The molecule has 8 heteroatoms. The Kier molecular flexibility index (Phi) is 4.77. The lowest BCUT2D eigenvalue weighted by Crippen LogP contribution is -2.50. The Morgan fingerprint density at radius 1 is 1.14 bits per heavy atom. The molecule has 1 aromatic carbocycles. The number of fused-ring (bicyclic) bond motifs is 1. The molecule has 3 heterocycles.